The zero-order valence-electron chi connectivity index (χ0n) is 20.5. The fraction of sp³-hybridized carbons (Fsp3) is 0.138. The number of hydrogen-bond acceptors (Lipinski definition) is 5. The van der Waals surface area contributed by atoms with Crippen LogP contribution in [0.25, 0.3) is 22.2 Å². The van der Waals surface area contributed by atoms with E-state index in [9.17, 15) is 18.0 Å². The zero-order valence-corrected chi connectivity index (χ0v) is 20.5. The predicted molar refractivity (Wildman–Crippen MR) is 139 cm³/mol. The topological polar surface area (TPSA) is 76.3 Å². The Bertz CT molecular complexity index is 1700. The largest absolute Gasteiger partial charge is 0.416 e. The number of amides is 1. The van der Waals surface area contributed by atoms with Crippen molar-refractivity contribution < 1.29 is 18.0 Å². The SMILES string of the molecule is O=C(Cn1nnc(-c2cccc(C(F)(F)F)c2)n1)N1N=C(c2ccc3ccccc3c2)C[C@@H]1c1ccccc1. The molecule has 0 saturated heterocycles. The maximum Gasteiger partial charge on any atom is 0.416 e. The predicted octanol–water partition coefficient (Wildman–Crippen LogP) is 5.89. The molecule has 0 N–H and O–H groups in total. The third-order valence-electron chi connectivity index (χ3n) is 6.61. The number of fused-ring (bicyclic) bond motifs is 1. The summed E-state index contributed by atoms with van der Waals surface area (Å²) in [5, 5.41) is 20.3. The Morgan fingerprint density at radius 2 is 1.62 bits per heavy atom. The minimum atomic E-state index is -4.50. The summed E-state index contributed by atoms with van der Waals surface area (Å²) >= 11 is 0. The van der Waals surface area contributed by atoms with Gasteiger partial charge in [0.2, 0.25) is 5.82 Å². The summed E-state index contributed by atoms with van der Waals surface area (Å²) in [6, 6.07) is 28.1. The average molecular weight is 527 g/mol. The first-order valence-electron chi connectivity index (χ1n) is 12.2. The quantitative estimate of drug-likeness (QED) is 0.286. The first-order valence-corrected chi connectivity index (χ1v) is 12.2. The molecule has 0 fully saturated rings. The Balaban J connectivity index is 1.28. The Morgan fingerprint density at radius 3 is 2.41 bits per heavy atom. The lowest BCUT2D eigenvalue weighted by molar-refractivity contribution is -0.137. The van der Waals surface area contributed by atoms with Crippen LogP contribution in [0.3, 0.4) is 0 Å². The van der Waals surface area contributed by atoms with Crippen LogP contribution in [-0.2, 0) is 17.5 Å². The number of carbonyl (C=O) groups excluding carboxylic acids is 1. The van der Waals surface area contributed by atoms with Gasteiger partial charge in [-0.1, -0.05) is 78.9 Å². The number of hydrazone groups is 1. The number of aromatic nitrogens is 4. The maximum atomic E-state index is 13.5. The summed E-state index contributed by atoms with van der Waals surface area (Å²) in [7, 11) is 0. The number of carbonyl (C=O) groups is 1. The summed E-state index contributed by atoms with van der Waals surface area (Å²) in [5.74, 6) is -0.372. The van der Waals surface area contributed by atoms with Crippen molar-refractivity contribution in [1.82, 2.24) is 25.2 Å². The number of alkyl halides is 3. The Morgan fingerprint density at radius 1 is 0.846 bits per heavy atom. The average Bonchev–Trinajstić information content (AvgIpc) is 3.61. The second kappa shape index (κ2) is 9.79. The molecule has 7 nitrogen and oxygen atoms in total. The minimum absolute atomic E-state index is 0.00437. The fourth-order valence-corrected chi connectivity index (χ4v) is 4.67. The molecule has 0 radical (unpaired) electrons. The molecule has 2 heterocycles. The number of nitrogens with zero attached hydrogens (tertiary/aromatic N) is 6. The Labute approximate surface area is 221 Å². The van der Waals surface area contributed by atoms with Crippen LogP contribution in [0.4, 0.5) is 13.2 Å². The highest BCUT2D eigenvalue weighted by atomic mass is 19.4. The van der Waals surface area contributed by atoms with E-state index in [-0.39, 0.29) is 29.9 Å². The molecular weight excluding hydrogens is 505 g/mol. The molecule has 1 aliphatic rings. The fourth-order valence-electron chi connectivity index (χ4n) is 4.67. The molecule has 0 bridgehead atoms. The van der Waals surface area contributed by atoms with Crippen molar-refractivity contribution in [2.45, 2.75) is 25.2 Å². The summed E-state index contributed by atoms with van der Waals surface area (Å²) < 4.78 is 39.4. The van der Waals surface area contributed by atoms with Crippen LogP contribution < -0.4 is 0 Å². The van der Waals surface area contributed by atoms with Crippen molar-refractivity contribution >= 4 is 22.4 Å². The van der Waals surface area contributed by atoms with Gasteiger partial charge in [-0.15, -0.1) is 10.2 Å². The molecule has 194 valence electrons. The van der Waals surface area contributed by atoms with E-state index in [2.05, 4.69) is 21.5 Å². The minimum Gasteiger partial charge on any atom is -0.271 e. The van der Waals surface area contributed by atoms with Crippen molar-refractivity contribution in [1.29, 1.82) is 0 Å². The summed E-state index contributed by atoms with van der Waals surface area (Å²) in [6.07, 6.45) is -3.97. The lowest BCUT2D eigenvalue weighted by Gasteiger charge is -2.21. The number of halogens is 3. The monoisotopic (exact) mass is 526 g/mol. The molecule has 39 heavy (non-hydrogen) atoms. The van der Waals surface area contributed by atoms with Gasteiger partial charge in [-0.3, -0.25) is 4.79 Å². The summed E-state index contributed by atoms with van der Waals surface area (Å²) in [4.78, 5) is 14.5. The zero-order chi connectivity index (χ0) is 27.0. The van der Waals surface area contributed by atoms with Crippen LogP contribution in [0.2, 0.25) is 0 Å². The molecule has 0 unspecified atom stereocenters. The number of hydrogen-bond donors (Lipinski definition) is 0. The van der Waals surface area contributed by atoms with Crippen molar-refractivity contribution in [2.24, 2.45) is 5.10 Å². The van der Waals surface area contributed by atoms with E-state index < -0.39 is 11.7 Å². The van der Waals surface area contributed by atoms with Gasteiger partial charge in [0.25, 0.3) is 5.91 Å². The molecule has 1 amide bonds. The molecule has 10 heteroatoms. The van der Waals surface area contributed by atoms with Crippen LogP contribution >= 0.6 is 0 Å². The van der Waals surface area contributed by atoms with E-state index in [0.29, 0.717) is 6.42 Å². The van der Waals surface area contributed by atoms with Gasteiger partial charge in [0.1, 0.15) is 6.54 Å². The first kappa shape index (κ1) is 24.5. The van der Waals surface area contributed by atoms with E-state index in [1.165, 1.54) is 17.1 Å². The number of benzene rings is 4. The number of tetrazole rings is 1. The summed E-state index contributed by atoms with van der Waals surface area (Å²) in [6.45, 7) is -0.274. The molecule has 1 atom stereocenters. The second-order valence-electron chi connectivity index (χ2n) is 9.20. The molecule has 0 aliphatic carbocycles. The van der Waals surface area contributed by atoms with Gasteiger partial charge in [-0.2, -0.15) is 23.1 Å². The van der Waals surface area contributed by atoms with E-state index in [0.717, 1.165) is 44.5 Å². The number of rotatable bonds is 5. The van der Waals surface area contributed by atoms with Crippen molar-refractivity contribution in [3.8, 4) is 11.4 Å². The Kier molecular flexibility index (Phi) is 6.14. The smallest absolute Gasteiger partial charge is 0.271 e. The highest BCUT2D eigenvalue weighted by molar-refractivity contribution is 6.05. The van der Waals surface area contributed by atoms with Crippen LogP contribution in [0.15, 0.2) is 102 Å². The highest BCUT2D eigenvalue weighted by Crippen LogP contribution is 2.34. The lowest BCUT2D eigenvalue weighted by atomic mass is 9.97. The summed E-state index contributed by atoms with van der Waals surface area (Å²) in [5.41, 5.74) is 1.98. The van der Waals surface area contributed by atoms with E-state index >= 15 is 0 Å². The van der Waals surface area contributed by atoms with E-state index in [4.69, 9.17) is 5.10 Å². The van der Waals surface area contributed by atoms with Gasteiger partial charge in [0.05, 0.1) is 17.3 Å². The highest BCUT2D eigenvalue weighted by Gasteiger charge is 2.34. The molecule has 6 rings (SSSR count). The van der Waals surface area contributed by atoms with Gasteiger partial charge in [0, 0.05) is 12.0 Å². The normalized spacial score (nSPS) is 15.5. The van der Waals surface area contributed by atoms with Crippen LogP contribution in [0.1, 0.15) is 29.2 Å². The van der Waals surface area contributed by atoms with E-state index in [1.807, 2.05) is 66.7 Å². The van der Waals surface area contributed by atoms with Crippen LogP contribution in [0.5, 0.6) is 0 Å². The molecule has 0 saturated carbocycles. The van der Waals surface area contributed by atoms with Crippen LogP contribution in [0, 0.1) is 0 Å². The maximum absolute atomic E-state index is 13.5. The molecule has 1 aromatic heterocycles. The van der Waals surface area contributed by atoms with E-state index in [1.54, 1.807) is 0 Å². The van der Waals surface area contributed by atoms with Gasteiger partial charge in [-0.25, -0.2) is 5.01 Å². The van der Waals surface area contributed by atoms with Crippen LogP contribution in [-0.4, -0.2) is 36.8 Å². The van der Waals surface area contributed by atoms with Crippen molar-refractivity contribution in [2.75, 3.05) is 0 Å². The first-order chi connectivity index (χ1) is 18.8. The van der Waals surface area contributed by atoms with Crippen molar-refractivity contribution in [3.05, 3.63) is 114 Å². The third kappa shape index (κ3) is 5.00. The van der Waals surface area contributed by atoms with Gasteiger partial charge in [0.15, 0.2) is 0 Å². The van der Waals surface area contributed by atoms with Crippen molar-refractivity contribution in [3.63, 3.8) is 0 Å². The Hall–Kier alpha value is -4.86. The standard InChI is InChI=1S/C29H21F3N6O/c30-29(31,32)24-12-6-11-23(16-24)28-33-36-37(35-28)18-27(39)38-26(20-8-2-1-3-9-20)17-25(34-38)22-14-13-19-7-4-5-10-21(19)15-22/h1-16,26H,17-18H2/t26-/m1/s1. The lowest BCUT2D eigenvalue weighted by Crippen LogP contribution is -2.31. The molecular formula is C29H21F3N6O. The third-order valence-corrected chi connectivity index (χ3v) is 6.61. The van der Waals surface area contributed by atoms with Gasteiger partial charge in [-0.05, 0) is 45.3 Å². The second-order valence-corrected chi connectivity index (χ2v) is 9.20. The van der Waals surface area contributed by atoms with Gasteiger partial charge < -0.3 is 0 Å². The molecule has 5 aromatic rings. The molecule has 0 spiro atoms. The molecule has 4 aromatic carbocycles. The molecule has 1 aliphatic heterocycles. The van der Waals surface area contributed by atoms with Gasteiger partial charge >= 0.3 is 6.18 Å².